The van der Waals surface area contributed by atoms with Crippen LogP contribution in [0.4, 0.5) is 0 Å². The van der Waals surface area contributed by atoms with Gasteiger partial charge in [0.25, 0.3) is 0 Å². The summed E-state index contributed by atoms with van der Waals surface area (Å²) in [6.07, 6.45) is 6.21. The number of nitrogens with one attached hydrogen (secondary N) is 1. The maximum atomic E-state index is 12.6. The highest BCUT2D eigenvalue weighted by Gasteiger charge is 2.34. The standard InChI is InChI=1S/C17H24N2O2/c20-16-7-2-1-5-13(16)11-17(21)19(15-8-9-15)12-14-6-3-4-10-18-14/h1-2,5,7,14-15,18,20H,3-4,6,8-12H2. The minimum atomic E-state index is 0.145. The van der Waals surface area contributed by atoms with Crippen molar-refractivity contribution in [3.8, 4) is 5.75 Å². The van der Waals surface area contributed by atoms with Crippen LogP contribution in [0.5, 0.6) is 5.75 Å². The first-order valence-electron chi connectivity index (χ1n) is 8.04. The minimum Gasteiger partial charge on any atom is -0.508 e. The second-order valence-corrected chi connectivity index (χ2v) is 6.23. The fraction of sp³-hybridized carbons (Fsp3) is 0.588. The largest absolute Gasteiger partial charge is 0.508 e. The second kappa shape index (κ2) is 6.48. The van der Waals surface area contributed by atoms with E-state index in [2.05, 4.69) is 5.32 Å². The molecule has 0 spiro atoms. The fourth-order valence-corrected chi connectivity index (χ4v) is 3.08. The van der Waals surface area contributed by atoms with Crippen molar-refractivity contribution in [3.05, 3.63) is 29.8 Å². The summed E-state index contributed by atoms with van der Waals surface area (Å²) < 4.78 is 0. The van der Waals surface area contributed by atoms with E-state index in [-0.39, 0.29) is 11.7 Å². The maximum Gasteiger partial charge on any atom is 0.227 e. The number of aromatic hydroxyl groups is 1. The molecule has 0 bridgehead atoms. The van der Waals surface area contributed by atoms with Gasteiger partial charge in [-0.1, -0.05) is 24.6 Å². The van der Waals surface area contributed by atoms with E-state index in [9.17, 15) is 9.90 Å². The molecule has 2 aliphatic rings. The normalized spacial score (nSPS) is 22.0. The molecule has 2 N–H and O–H groups in total. The molecule has 21 heavy (non-hydrogen) atoms. The molecule has 3 rings (SSSR count). The van der Waals surface area contributed by atoms with Crippen molar-refractivity contribution in [1.29, 1.82) is 0 Å². The van der Waals surface area contributed by atoms with Crippen molar-refractivity contribution in [1.82, 2.24) is 10.2 Å². The maximum absolute atomic E-state index is 12.6. The third kappa shape index (κ3) is 3.76. The lowest BCUT2D eigenvalue weighted by Crippen LogP contribution is -2.47. The molecular weight excluding hydrogens is 264 g/mol. The molecule has 1 saturated carbocycles. The van der Waals surface area contributed by atoms with Crippen LogP contribution in [0.15, 0.2) is 24.3 Å². The minimum absolute atomic E-state index is 0.145. The van der Waals surface area contributed by atoms with E-state index in [0.29, 0.717) is 18.5 Å². The molecule has 114 valence electrons. The number of rotatable bonds is 5. The van der Waals surface area contributed by atoms with E-state index in [1.54, 1.807) is 12.1 Å². The van der Waals surface area contributed by atoms with Gasteiger partial charge in [0.05, 0.1) is 6.42 Å². The number of phenolic OH excluding ortho intramolecular Hbond substituents is 1. The molecule has 1 heterocycles. The predicted octanol–water partition coefficient (Wildman–Crippen LogP) is 2.07. The number of piperidine rings is 1. The van der Waals surface area contributed by atoms with Gasteiger partial charge in [0.2, 0.25) is 5.91 Å². The van der Waals surface area contributed by atoms with E-state index in [0.717, 1.165) is 37.9 Å². The number of carbonyl (C=O) groups excluding carboxylic acids is 1. The van der Waals surface area contributed by atoms with Gasteiger partial charge in [-0.2, -0.15) is 0 Å². The third-order valence-electron chi connectivity index (χ3n) is 4.47. The van der Waals surface area contributed by atoms with Gasteiger partial charge in [0, 0.05) is 24.2 Å². The van der Waals surface area contributed by atoms with Gasteiger partial charge in [0.1, 0.15) is 5.75 Å². The summed E-state index contributed by atoms with van der Waals surface area (Å²) in [6.45, 7) is 1.88. The summed E-state index contributed by atoms with van der Waals surface area (Å²) in [6, 6.07) is 7.99. The molecule has 0 aromatic heterocycles. The summed E-state index contributed by atoms with van der Waals surface area (Å²) in [4.78, 5) is 14.6. The first-order valence-corrected chi connectivity index (χ1v) is 8.04. The number of carbonyl (C=O) groups is 1. The Hall–Kier alpha value is -1.55. The molecule has 1 unspecified atom stereocenters. The number of hydrogen-bond acceptors (Lipinski definition) is 3. The van der Waals surface area contributed by atoms with E-state index in [1.165, 1.54) is 12.8 Å². The Bertz CT molecular complexity index is 493. The molecule has 0 radical (unpaired) electrons. The molecule has 1 aromatic carbocycles. The monoisotopic (exact) mass is 288 g/mol. The zero-order valence-electron chi connectivity index (χ0n) is 12.4. The lowest BCUT2D eigenvalue weighted by molar-refractivity contribution is -0.131. The van der Waals surface area contributed by atoms with Crippen LogP contribution in [0.25, 0.3) is 0 Å². The summed E-state index contributed by atoms with van der Waals surface area (Å²) in [7, 11) is 0. The number of phenols is 1. The molecular formula is C17H24N2O2. The average Bonchev–Trinajstić information content (AvgIpc) is 3.33. The van der Waals surface area contributed by atoms with Crippen molar-refractivity contribution in [2.45, 2.75) is 50.6 Å². The molecule has 2 fully saturated rings. The number of amides is 1. The number of benzene rings is 1. The smallest absolute Gasteiger partial charge is 0.227 e. The van der Waals surface area contributed by atoms with Crippen molar-refractivity contribution >= 4 is 5.91 Å². The van der Waals surface area contributed by atoms with E-state index >= 15 is 0 Å². The number of para-hydroxylation sites is 1. The van der Waals surface area contributed by atoms with E-state index < -0.39 is 0 Å². The summed E-state index contributed by atoms with van der Waals surface area (Å²) in [5, 5.41) is 13.4. The lowest BCUT2D eigenvalue weighted by atomic mass is 10.0. The van der Waals surface area contributed by atoms with Crippen LogP contribution in [0.3, 0.4) is 0 Å². The van der Waals surface area contributed by atoms with Crippen LogP contribution >= 0.6 is 0 Å². The topological polar surface area (TPSA) is 52.6 Å². The van der Waals surface area contributed by atoms with Gasteiger partial charge in [-0.05, 0) is 38.3 Å². The molecule has 1 amide bonds. The van der Waals surface area contributed by atoms with E-state index in [1.807, 2.05) is 17.0 Å². The van der Waals surface area contributed by atoms with Gasteiger partial charge >= 0.3 is 0 Å². The molecule has 1 aliphatic heterocycles. The van der Waals surface area contributed by atoms with Crippen LogP contribution in [-0.4, -0.2) is 41.1 Å². The molecule has 1 aromatic rings. The van der Waals surface area contributed by atoms with Gasteiger partial charge in [-0.3, -0.25) is 4.79 Å². The number of hydrogen-bond donors (Lipinski definition) is 2. The Labute approximate surface area is 126 Å². The van der Waals surface area contributed by atoms with Gasteiger partial charge in [0.15, 0.2) is 0 Å². The Morgan fingerprint density at radius 2 is 2.05 bits per heavy atom. The Morgan fingerprint density at radius 3 is 2.71 bits per heavy atom. The fourth-order valence-electron chi connectivity index (χ4n) is 3.08. The average molecular weight is 288 g/mol. The van der Waals surface area contributed by atoms with E-state index in [4.69, 9.17) is 0 Å². The second-order valence-electron chi connectivity index (χ2n) is 6.23. The molecule has 4 nitrogen and oxygen atoms in total. The first kappa shape index (κ1) is 14.4. The van der Waals surface area contributed by atoms with Crippen LogP contribution < -0.4 is 5.32 Å². The lowest BCUT2D eigenvalue weighted by Gasteiger charge is -2.31. The highest BCUT2D eigenvalue weighted by atomic mass is 16.3. The summed E-state index contributed by atoms with van der Waals surface area (Å²) in [5.74, 6) is 0.365. The third-order valence-corrected chi connectivity index (χ3v) is 4.47. The first-order chi connectivity index (χ1) is 10.2. The van der Waals surface area contributed by atoms with Crippen LogP contribution in [0.1, 0.15) is 37.7 Å². The van der Waals surface area contributed by atoms with Crippen LogP contribution in [-0.2, 0) is 11.2 Å². The molecule has 1 saturated heterocycles. The predicted molar refractivity (Wildman–Crippen MR) is 82.2 cm³/mol. The molecule has 1 atom stereocenters. The highest BCUT2D eigenvalue weighted by Crippen LogP contribution is 2.29. The van der Waals surface area contributed by atoms with Gasteiger partial charge in [-0.25, -0.2) is 0 Å². The van der Waals surface area contributed by atoms with Gasteiger partial charge in [-0.15, -0.1) is 0 Å². The van der Waals surface area contributed by atoms with Crippen molar-refractivity contribution in [3.63, 3.8) is 0 Å². The quantitative estimate of drug-likeness (QED) is 0.872. The van der Waals surface area contributed by atoms with Crippen molar-refractivity contribution in [2.75, 3.05) is 13.1 Å². The Morgan fingerprint density at radius 1 is 1.24 bits per heavy atom. The number of nitrogens with zero attached hydrogens (tertiary/aromatic N) is 1. The van der Waals surface area contributed by atoms with Gasteiger partial charge < -0.3 is 15.3 Å². The highest BCUT2D eigenvalue weighted by molar-refractivity contribution is 5.80. The van der Waals surface area contributed by atoms with Crippen molar-refractivity contribution in [2.24, 2.45) is 0 Å². The zero-order chi connectivity index (χ0) is 14.7. The molecule has 4 heteroatoms. The summed E-state index contributed by atoms with van der Waals surface area (Å²) >= 11 is 0. The molecule has 1 aliphatic carbocycles. The Balaban J connectivity index is 1.63. The SMILES string of the molecule is O=C(Cc1ccccc1O)N(CC1CCCCN1)C1CC1. The van der Waals surface area contributed by atoms with Crippen LogP contribution in [0.2, 0.25) is 0 Å². The Kier molecular flexibility index (Phi) is 4.44. The summed E-state index contributed by atoms with van der Waals surface area (Å²) in [5.41, 5.74) is 0.727. The van der Waals surface area contributed by atoms with Crippen LogP contribution in [0, 0.1) is 0 Å². The van der Waals surface area contributed by atoms with Crippen molar-refractivity contribution < 1.29 is 9.90 Å². The zero-order valence-corrected chi connectivity index (χ0v) is 12.4.